The van der Waals surface area contributed by atoms with E-state index in [-0.39, 0.29) is 17.9 Å². The summed E-state index contributed by atoms with van der Waals surface area (Å²) in [7, 11) is 5.64. The number of rotatable bonds is 4. The first kappa shape index (κ1) is 19.5. The van der Waals surface area contributed by atoms with Gasteiger partial charge in [-0.1, -0.05) is 0 Å². The van der Waals surface area contributed by atoms with E-state index in [2.05, 4.69) is 5.32 Å². The van der Waals surface area contributed by atoms with E-state index in [0.29, 0.717) is 26.1 Å². The van der Waals surface area contributed by atoms with E-state index in [1.807, 2.05) is 35.8 Å². The van der Waals surface area contributed by atoms with Crippen molar-refractivity contribution < 1.29 is 9.59 Å². The van der Waals surface area contributed by atoms with Crippen LogP contribution in [0.3, 0.4) is 0 Å². The molecule has 1 aromatic rings. The summed E-state index contributed by atoms with van der Waals surface area (Å²) < 4.78 is 0. The molecule has 0 aliphatic carbocycles. The van der Waals surface area contributed by atoms with Crippen LogP contribution in [0.5, 0.6) is 0 Å². The Hall–Kier alpha value is -2.22. The average molecular weight is 374 g/mol. The zero-order valence-electron chi connectivity index (χ0n) is 16.8. The average Bonchev–Trinajstić information content (AvgIpc) is 2.66. The van der Waals surface area contributed by atoms with Crippen molar-refractivity contribution in [3.8, 4) is 0 Å². The first-order chi connectivity index (χ1) is 12.9. The molecule has 2 aliphatic heterocycles. The first-order valence-corrected chi connectivity index (χ1v) is 9.68. The molecule has 1 N–H and O–H groups in total. The number of hydrogen-bond acceptors (Lipinski definition) is 6. The molecule has 148 valence electrons. The van der Waals surface area contributed by atoms with E-state index in [0.717, 1.165) is 48.7 Å². The highest BCUT2D eigenvalue weighted by Gasteiger charge is 2.31. The number of fused-ring (bicyclic) bond motifs is 1. The van der Waals surface area contributed by atoms with Crippen molar-refractivity contribution in [3.05, 3.63) is 17.1 Å². The number of piperidine rings is 1. The Labute approximate surface area is 160 Å². The Morgan fingerprint density at radius 2 is 2.00 bits per heavy atom. The quantitative estimate of drug-likeness (QED) is 0.848. The van der Waals surface area contributed by atoms with Gasteiger partial charge in [0.15, 0.2) is 5.82 Å². The van der Waals surface area contributed by atoms with E-state index < -0.39 is 0 Å². The molecule has 3 heterocycles. The Balaban J connectivity index is 1.88. The number of likely N-dealkylation sites (N-methyl/N-ethyl adjacent to an activating group) is 1. The number of aromatic nitrogens is 2. The SMILES string of the molecule is CNc1nc([C@H]2CCCCN2C(C)=O)nc2c1CN(C(=O)CN(C)C)CC2. The summed E-state index contributed by atoms with van der Waals surface area (Å²) in [5.74, 6) is 1.69. The molecule has 0 radical (unpaired) electrons. The van der Waals surface area contributed by atoms with Crippen LogP contribution in [0.25, 0.3) is 0 Å². The molecule has 0 unspecified atom stereocenters. The van der Waals surface area contributed by atoms with Crippen molar-refractivity contribution in [2.24, 2.45) is 0 Å². The van der Waals surface area contributed by atoms with Crippen molar-refractivity contribution in [2.45, 2.75) is 45.2 Å². The molecule has 3 rings (SSSR count). The highest BCUT2D eigenvalue weighted by Crippen LogP contribution is 2.32. The number of amides is 2. The van der Waals surface area contributed by atoms with Crippen LogP contribution in [0, 0.1) is 0 Å². The van der Waals surface area contributed by atoms with Gasteiger partial charge in [0.2, 0.25) is 11.8 Å². The Morgan fingerprint density at radius 1 is 1.22 bits per heavy atom. The third-order valence-corrected chi connectivity index (χ3v) is 5.32. The highest BCUT2D eigenvalue weighted by atomic mass is 16.2. The molecule has 1 atom stereocenters. The van der Waals surface area contributed by atoms with Gasteiger partial charge in [0.05, 0.1) is 24.8 Å². The molecule has 27 heavy (non-hydrogen) atoms. The van der Waals surface area contributed by atoms with Crippen molar-refractivity contribution in [1.29, 1.82) is 0 Å². The normalized spacial score (nSPS) is 19.8. The standard InChI is InChI=1S/C19H30N6O2/c1-13(26)25-9-6-5-7-16(25)19-21-15-8-10-24(17(27)12-23(3)4)11-14(15)18(20-2)22-19/h16H,5-12H2,1-4H3,(H,20,21,22)/t16-/m1/s1. The third kappa shape index (κ3) is 4.21. The van der Waals surface area contributed by atoms with E-state index in [9.17, 15) is 9.59 Å². The predicted molar refractivity (Wildman–Crippen MR) is 103 cm³/mol. The second kappa shape index (κ2) is 8.21. The minimum absolute atomic E-state index is 0.0537. The molecule has 8 heteroatoms. The van der Waals surface area contributed by atoms with Gasteiger partial charge in [-0.2, -0.15) is 0 Å². The van der Waals surface area contributed by atoms with E-state index >= 15 is 0 Å². The van der Waals surface area contributed by atoms with Crippen LogP contribution in [0.4, 0.5) is 5.82 Å². The van der Waals surface area contributed by atoms with Gasteiger partial charge < -0.3 is 20.0 Å². The van der Waals surface area contributed by atoms with Gasteiger partial charge in [-0.15, -0.1) is 0 Å². The molecular formula is C19H30N6O2. The van der Waals surface area contributed by atoms with Crippen molar-refractivity contribution in [3.63, 3.8) is 0 Å². The van der Waals surface area contributed by atoms with Crippen LogP contribution >= 0.6 is 0 Å². The van der Waals surface area contributed by atoms with Gasteiger partial charge >= 0.3 is 0 Å². The molecular weight excluding hydrogens is 344 g/mol. The lowest BCUT2D eigenvalue weighted by Gasteiger charge is -2.35. The van der Waals surface area contributed by atoms with E-state index in [1.54, 1.807) is 6.92 Å². The minimum atomic E-state index is -0.0537. The van der Waals surface area contributed by atoms with Crippen molar-refractivity contribution >= 4 is 17.6 Å². The fraction of sp³-hybridized carbons (Fsp3) is 0.684. The van der Waals surface area contributed by atoms with Crippen LogP contribution in [-0.2, 0) is 22.6 Å². The molecule has 8 nitrogen and oxygen atoms in total. The maximum Gasteiger partial charge on any atom is 0.237 e. The second-order valence-corrected chi connectivity index (χ2v) is 7.63. The predicted octanol–water partition coefficient (Wildman–Crippen LogP) is 1.04. The minimum Gasteiger partial charge on any atom is -0.373 e. The Bertz CT molecular complexity index is 703. The lowest BCUT2D eigenvalue weighted by Crippen LogP contribution is -2.42. The Morgan fingerprint density at radius 3 is 2.67 bits per heavy atom. The topological polar surface area (TPSA) is 81.7 Å². The fourth-order valence-corrected chi connectivity index (χ4v) is 3.95. The summed E-state index contributed by atoms with van der Waals surface area (Å²) in [4.78, 5) is 39.7. The second-order valence-electron chi connectivity index (χ2n) is 7.63. The van der Waals surface area contributed by atoms with Crippen molar-refractivity contribution in [1.82, 2.24) is 24.7 Å². The molecule has 1 aromatic heterocycles. The summed E-state index contributed by atoms with van der Waals surface area (Å²) in [5, 5.41) is 3.18. The van der Waals surface area contributed by atoms with Crippen LogP contribution < -0.4 is 5.32 Å². The van der Waals surface area contributed by atoms with Gasteiger partial charge in [0.25, 0.3) is 0 Å². The largest absolute Gasteiger partial charge is 0.373 e. The number of likely N-dealkylation sites (tertiary alicyclic amines) is 1. The van der Waals surface area contributed by atoms with Crippen LogP contribution in [-0.4, -0.2) is 77.3 Å². The molecule has 2 aliphatic rings. The maximum absolute atomic E-state index is 12.4. The molecule has 0 aromatic carbocycles. The van der Waals surface area contributed by atoms with E-state index in [4.69, 9.17) is 9.97 Å². The molecule has 1 fully saturated rings. The van der Waals surface area contributed by atoms with Crippen LogP contribution in [0.15, 0.2) is 0 Å². The fourth-order valence-electron chi connectivity index (χ4n) is 3.95. The third-order valence-electron chi connectivity index (χ3n) is 5.32. The lowest BCUT2D eigenvalue weighted by atomic mass is 10.00. The lowest BCUT2D eigenvalue weighted by molar-refractivity contribution is -0.133. The van der Waals surface area contributed by atoms with Gasteiger partial charge in [0.1, 0.15) is 5.82 Å². The zero-order valence-corrected chi connectivity index (χ0v) is 16.8. The molecule has 0 bridgehead atoms. The molecule has 2 amide bonds. The summed E-state index contributed by atoms with van der Waals surface area (Å²) in [5.41, 5.74) is 1.98. The number of anilines is 1. The van der Waals surface area contributed by atoms with Gasteiger partial charge in [-0.25, -0.2) is 9.97 Å². The Kier molecular flexibility index (Phi) is 5.94. The number of nitrogens with zero attached hydrogens (tertiary/aromatic N) is 5. The highest BCUT2D eigenvalue weighted by molar-refractivity contribution is 5.78. The number of carbonyl (C=O) groups excluding carboxylic acids is 2. The maximum atomic E-state index is 12.4. The van der Waals surface area contributed by atoms with Crippen LogP contribution in [0.1, 0.15) is 49.3 Å². The summed E-state index contributed by atoms with van der Waals surface area (Å²) >= 11 is 0. The number of hydrogen-bond donors (Lipinski definition) is 1. The van der Waals surface area contributed by atoms with Gasteiger partial charge in [-0.3, -0.25) is 9.59 Å². The van der Waals surface area contributed by atoms with Gasteiger partial charge in [0, 0.05) is 39.0 Å². The summed E-state index contributed by atoms with van der Waals surface area (Å²) in [6, 6.07) is -0.0537. The molecule has 1 saturated heterocycles. The molecule has 0 spiro atoms. The van der Waals surface area contributed by atoms with Gasteiger partial charge in [-0.05, 0) is 33.4 Å². The number of nitrogens with one attached hydrogen (secondary N) is 1. The first-order valence-electron chi connectivity index (χ1n) is 9.68. The molecule has 0 saturated carbocycles. The summed E-state index contributed by atoms with van der Waals surface area (Å²) in [6.07, 6.45) is 3.72. The number of carbonyl (C=O) groups is 2. The summed E-state index contributed by atoms with van der Waals surface area (Å²) in [6.45, 7) is 3.98. The van der Waals surface area contributed by atoms with E-state index in [1.165, 1.54) is 0 Å². The van der Waals surface area contributed by atoms with Crippen LogP contribution in [0.2, 0.25) is 0 Å². The van der Waals surface area contributed by atoms with Crippen molar-refractivity contribution in [2.75, 3.05) is 46.1 Å². The monoisotopic (exact) mass is 374 g/mol. The smallest absolute Gasteiger partial charge is 0.237 e. The zero-order chi connectivity index (χ0) is 19.6.